The lowest BCUT2D eigenvalue weighted by atomic mass is 10.2. The van der Waals surface area contributed by atoms with E-state index in [-0.39, 0.29) is 5.91 Å². The number of benzene rings is 2. The molecule has 4 nitrogen and oxygen atoms in total. The van der Waals surface area contributed by atoms with Crippen molar-refractivity contribution in [2.75, 3.05) is 23.9 Å². The van der Waals surface area contributed by atoms with Crippen LogP contribution < -0.4 is 9.80 Å². The summed E-state index contributed by atoms with van der Waals surface area (Å²) in [5.41, 5.74) is 2.73. The molecule has 3 aromatic rings. The highest BCUT2D eigenvalue weighted by atomic mass is 35.5. The van der Waals surface area contributed by atoms with E-state index in [1.807, 2.05) is 79.7 Å². The lowest BCUT2D eigenvalue weighted by Gasteiger charge is -2.17. The molecule has 7 heteroatoms. The number of halogens is 1. The van der Waals surface area contributed by atoms with E-state index in [0.29, 0.717) is 25.8 Å². The van der Waals surface area contributed by atoms with Crippen LogP contribution >= 0.6 is 35.6 Å². The maximum absolute atomic E-state index is 12.9. The van der Waals surface area contributed by atoms with E-state index in [0.717, 1.165) is 16.9 Å². The summed E-state index contributed by atoms with van der Waals surface area (Å²) in [7, 11) is 3.94. The third-order valence-corrected chi connectivity index (χ3v) is 6.00. The van der Waals surface area contributed by atoms with Crippen LogP contribution in [0.2, 0.25) is 5.02 Å². The number of carbonyl (C=O) groups excluding carboxylic acids is 1. The van der Waals surface area contributed by atoms with Gasteiger partial charge in [0.25, 0.3) is 5.91 Å². The minimum atomic E-state index is -0.151. The molecule has 1 fully saturated rings. The summed E-state index contributed by atoms with van der Waals surface area (Å²) in [6.45, 7) is 0. The van der Waals surface area contributed by atoms with Gasteiger partial charge in [-0.3, -0.25) is 9.69 Å². The number of nitrogens with zero attached hydrogens (tertiary/aromatic N) is 2. The number of amides is 1. The highest BCUT2D eigenvalue weighted by molar-refractivity contribution is 8.27. The fraction of sp³-hybridized carbons (Fsp3) is 0.0909. The number of thiocarbonyl (C=S) groups is 1. The van der Waals surface area contributed by atoms with E-state index in [1.165, 1.54) is 11.8 Å². The van der Waals surface area contributed by atoms with Gasteiger partial charge in [-0.1, -0.05) is 35.6 Å². The molecule has 29 heavy (non-hydrogen) atoms. The number of thioether (sulfide) groups is 1. The molecule has 1 amide bonds. The van der Waals surface area contributed by atoms with Gasteiger partial charge in [-0.25, -0.2) is 0 Å². The van der Waals surface area contributed by atoms with Crippen LogP contribution in [0, 0.1) is 0 Å². The van der Waals surface area contributed by atoms with Crippen molar-refractivity contribution in [3.8, 4) is 11.3 Å². The zero-order valence-corrected chi connectivity index (χ0v) is 18.1. The second kappa shape index (κ2) is 8.06. The highest BCUT2D eigenvalue weighted by Crippen LogP contribution is 2.37. The third kappa shape index (κ3) is 4.10. The highest BCUT2D eigenvalue weighted by Gasteiger charge is 2.33. The molecule has 1 saturated heterocycles. The number of hydrogen-bond donors (Lipinski definition) is 0. The van der Waals surface area contributed by atoms with E-state index in [2.05, 4.69) is 0 Å². The van der Waals surface area contributed by atoms with Crippen LogP contribution in [0.5, 0.6) is 0 Å². The molecule has 0 bridgehead atoms. The number of hydrogen-bond acceptors (Lipinski definition) is 5. The van der Waals surface area contributed by atoms with Crippen molar-refractivity contribution in [3.63, 3.8) is 0 Å². The predicted molar refractivity (Wildman–Crippen MR) is 126 cm³/mol. The molecule has 0 N–H and O–H groups in total. The van der Waals surface area contributed by atoms with Crippen molar-refractivity contribution in [2.24, 2.45) is 0 Å². The Balaban J connectivity index is 1.57. The van der Waals surface area contributed by atoms with E-state index in [9.17, 15) is 4.79 Å². The molecule has 4 rings (SSSR count). The Hall–Kier alpha value is -2.54. The lowest BCUT2D eigenvalue weighted by Crippen LogP contribution is -2.27. The summed E-state index contributed by atoms with van der Waals surface area (Å²) in [5.74, 6) is 1.16. The van der Waals surface area contributed by atoms with Crippen LogP contribution in [0.3, 0.4) is 0 Å². The second-order valence-electron chi connectivity index (χ2n) is 6.64. The van der Waals surface area contributed by atoms with Crippen molar-refractivity contribution in [3.05, 3.63) is 76.4 Å². The summed E-state index contributed by atoms with van der Waals surface area (Å²) in [5, 5.41) is 0.669. The Kier molecular flexibility index (Phi) is 5.50. The van der Waals surface area contributed by atoms with Gasteiger partial charge in [-0.15, -0.1) is 0 Å². The summed E-state index contributed by atoms with van der Waals surface area (Å²) in [6, 6.07) is 18.8. The molecule has 0 saturated carbocycles. The van der Waals surface area contributed by atoms with Crippen molar-refractivity contribution < 1.29 is 9.21 Å². The van der Waals surface area contributed by atoms with E-state index < -0.39 is 0 Å². The predicted octanol–water partition coefficient (Wildman–Crippen LogP) is 6.07. The van der Waals surface area contributed by atoms with Gasteiger partial charge in [-0.05, 0) is 60.7 Å². The molecule has 1 aliphatic heterocycles. The number of furan rings is 1. The molecule has 0 aliphatic carbocycles. The largest absolute Gasteiger partial charge is 0.457 e. The van der Waals surface area contributed by atoms with Crippen LogP contribution in [0.4, 0.5) is 11.4 Å². The quantitative estimate of drug-likeness (QED) is 0.363. The number of anilines is 2. The molecule has 2 heterocycles. The number of rotatable bonds is 4. The normalized spacial score (nSPS) is 15.4. The fourth-order valence-electron chi connectivity index (χ4n) is 2.92. The standard InChI is InChI=1S/C22H17ClN2O2S2/c1-24(2)16-7-9-17(10-8-16)25-21(26)20(29-22(25)28)13-18-11-12-19(27-18)14-3-5-15(23)6-4-14/h3-13H,1-2H3/b20-13+. The van der Waals surface area contributed by atoms with Gasteiger partial charge in [0.05, 0.1) is 10.6 Å². The Morgan fingerprint density at radius 1 is 1.03 bits per heavy atom. The summed E-state index contributed by atoms with van der Waals surface area (Å²) in [4.78, 5) is 17.0. The van der Waals surface area contributed by atoms with Crippen molar-refractivity contribution >= 4 is 63.3 Å². The molecular formula is C22H17ClN2O2S2. The summed E-state index contributed by atoms with van der Waals surface area (Å²) < 4.78 is 6.39. The third-order valence-electron chi connectivity index (χ3n) is 4.45. The fourth-order valence-corrected chi connectivity index (χ4v) is 4.32. The molecule has 0 spiro atoms. The molecule has 1 aliphatic rings. The zero-order chi connectivity index (χ0) is 20.5. The van der Waals surface area contributed by atoms with Gasteiger partial charge in [0.2, 0.25) is 0 Å². The first kappa shape index (κ1) is 19.8. The van der Waals surface area contributed by atoms with E-state index in [1.54, 1.807) is 11.0 Å². The van der Waals surface area contributed by atoms with Gasteiger partial charge in [-0.2, -0.15) is 0 Å². The summed E-state index contributed by atoms with van der Waals surface area (Å²) >= 11 is 12.7. The topological polar surface area (TPSA) is 36.7 Å². The molecular weight excluding hydrogens is 424 g/mol. The lowest BCUT2D eigenvalue weighted by molar-refractivity contribution is -0.113. The molecule has 2 aromatic carbocycles. The second-order valence-corrected chi connectivity index (χ2v) is 8.75. The van der Waals surface area contributed by atoms with Gasteiger partial charge >= 0.3 is 0 Å². The smallest absolute Gasteiger partial charge is 0.270 e. The first-order valence-electron chi connectivity index (χ1n) is 8.83. The van der Waals surface area contributed by atoms with Crippen LogP contribution in [0.15, 0.2) is 70.0 Å². The minimum Gasteiger partial charge on any atom is -0.457 e. The first-order valence-corrected chi connectivity index (χ1v) is 10.4. The van der Waals surface area contributed by atoms with E-state index >= 15 is 0 Å². The molecule has 0 radical (unpaired) electrons. The van der Waals surface area contributed by atoms with Crippen LogP contribution in [-0.2, 0) is 4.79 Å². The van der Waals surface area contributed by atoms with Crippen molar-refractivity contribution in [2.45, 2.75) is 0 Å². The van der Waals surface area contributed by atoms with Gasteiger partial charge in [0.1, 0.15) is 11.5 Å². The Morgan fingerprint density at radius 3 is 2.38 bits per heavy atom. The molecule has 0 atom stereocenters. The minimum absolute atomic E-state index is 0.151. The van der Waals surface area contributed by atoms with Crippen LogP contribution in [0.1, 0.15) is 5.76 Å². The van der Waals surface area contributed by atoms with Crippen LogP contribution in [-0.4, -0.2) is 24.3 Å². The monoisotopic (exact) mass is 440 g/mol. The molecule has 146 valence electrons. The summed E-state index contributed by atoms with van der Waals surface area (Å²) in [6.07, 6.45) is 1.73. The number of carbonyl (C=O) groups is 1. The Bertz CT molecular complexity index is 1100. The maximum Gasteiger partial charge on any atom is 0.270 e. The zero-order valence-electron chi connectivity index (χ0n) is 15.8. The SMILES string of the molecule is CN(C)c1ccc(N2C(=O)/C(=C\c3ccc(-c4ccc(Cl)cc4)o3)SC2=S)cc1. The van der Waals surface area contributed by atoms with Crippen molar-refractivity contribution in [1.29, 1.82) is 0 Å². The first-order chi connectivity index (χ1) is 13.9. The van der Waals surface area contributed by atoms with Crippen LogP contribution in [0.25, 0.3) is 17.4 Å². The average Bonchev–Trinajstić information content (AvgIpc) is 3.27. The van der Waals surface area contributed by atoms with Crippen molar-refractivity contribution in [1.82, 2.24) is 0 Å². The van der Waals surface area contributed by atoms with E-state index in [4.69, 9.17) is 28.2 Å². The maximum atomic E-state index is 12.9. The van der Waals surface area contributed by atoms with Gasteiger partial charge < -0.3 is 9.32 Å². The molecule has 1 aromatic heterocycles. The van der Waals surface area contributed by atoms with Gasteiger partial charge in [0, 0.05) is 36.4 Å². The Labute approximate surface area is 183 Å². The Morgan fingerprint density at radius 2 is 1.72 bits per heavy atom. The van der Waals surface area contributed by atoms with Gasteiger partial charge in [0.15, 0.2) is 4.32 Å². The average molecular weight is 441 g/mol. The molecule has 0 unspecified atom stereocenters.